The van der Waals surface area contributed by atoms with Crippen molar-refractivity contribution in [1.82, 2.24) is 0 Å². The summed E-state index contributed by atoms with van der Waals surface area (Å²) < 4.78 is 5.35. The third-order valence-electron chi connectivity index (χ3n) is 1.53. The zero-order valence-electron chi connectivity index (χ0n) is 7.16. The van der Waals surface area contributed by atoms with Crippen LogP contribution in [0.15, 0.2) is 24.3 Å². The number of hydrogen-bond acceptors (Lipinski definition) is 2. The van der Waals surface area contributed by atoms with Gasteiger partial charge in [0, 0.05) is 5.88 Å². The number of rotatable bonds is 4. The van der Waals surface area contributed by atoms with Crippen molar-refractivity contribution in [3.63, 3.8) is 0 Å². The van der Waals surface area contributed by atoms with Gasteiger partial charge in [0.2, 0.25) is 0 Å². The Kier molecular flexibility index (Phi) is 4.14. The van der Waals surface area contributed by atoms with Crippen LogP contribution in [-0.4, -0.2) is 12.5 Å². The Hall–Kier alpha value is -1.20. The van der Waals surface area contributed by atoms with E-state index < -0.39 is 0 Å². The Morgan fingerprint density at radius 1 is 1.31 bits per heavy atom. The van der Waals surface area contributed by atoms with Gasteiger partial charge in [-0.3, -0.25) is 0 Å². The molecule has 0 radical (unpaired) electrons. The van der Waals surface area contributed by atoms with Gasteiger partial charge in [0.1, 0.15) is 5.75 Å². The fourth-order valence-corrected chi connectivity index (χ4v) is 0.979. The van der Waals surface area contributed by atoms with Gasteiger partial charge in [-0.25, -0.2) is 0 Å². The molecule has 0 bridgehead atoms. The molecule has 0 unspecified atom stereocenters. The van der Waals surface area contributed by atoms with E-state index in [1.807, 2.05) is 6.07 Å². The standard InChI is InChI=1S/C10H10ClNO/c11-6-1-7-13-10-4-2-9(8-12)3-5-10/h2-5H,1,6-7H2. The first kappa shape index (κ1) is 9.88. The summed E-state index contributed by atoms with van der Waals surface area (Å²) in [6.07, 6.45) is 0.835. The van der Waals surface area contributed by atoms with E-state index >= 15 is 0 Å². The van der Waals surface area contributed by atoms with Crippen molar-refractivity contribution >= 4 is 11.6 Å². The maximum atomic E-state index is 8.53. The molecule has 2 nitrogen and oxygen atoms in total. The average Bonchev–Trinajstić information content (AvgIpc) is 2.19. The Labute approximate surface area is 82.7 Å². The monoisotopic (exact) mass is 195 g/mol. The molecule has 0 saturated heterocycles. The van der Waals surface area contributed by atoms with Crippen molar-refractivity contribution in [2.75, 3.05) is 12.5 Å². The summed E-state index contributed by atoms with van der Waals surface area (Å²) in [6.45, 7) is 0.620. The molecule has 68 valence electrons. The molecule has 0 N–H and O–H groups in total. The lowest BCUT2D eigenvalue weighted by molar-refractivity contribution is 0.318. The number of nitrogens with zero attached hydrogens (tertiary/aromatic N) is 1. The fourth-order valence-electron chi connectivity index (χ4n) is 0.870. The molecule has 1 aromatic carbocycles. The van der Waals surface area contributed by atoms with Crippen LogP contribution in [0.4, 0.5) is 0 Å². The van der Waals surface area contributed by atoms with Crippen LogP contribution < -0.4 is 4.74 Å². The minimum Gasteiger partial charge on any atom is -0.494 e. The highest BCUT2D eigenvalue weighted by Gasteiger charge is 1.93. The molecule has 1 rings (SSSR count). The molecule has 0 heterocycles. The molecule has 0 spiro atoms. The van der Waals surface area contributed by atoms with Crippen LogP contribution in [0, 0.1) is 11.3 Å². The van der Waals surface area contributed by atoms with E-state index in [2.05, 4.69) is 0 Å². The first-order chi connectivity index (χ1) is 6.36. The third kappa shape index (κ3) is 3.35. The van der Waals surface area contributed by atoms with Crippen LogP contribution in [0.1, 0.15) is 12.0 Å². The van der Waals surface area contributed by atoms with Gasteiger partial charge in [-0.15, -0.1) is 11.6 Å². The number of ether oxygens (including phenoxy) is 1. The minimum atomic E-state index is 0.607. The molecule has 0 aliphatic carbocycles. The second kappa shape index (κ2) is 5.45. The topological polar surface area (TPSA) is 33.0 Å². The highest BCUT2D eigenvalue weighted by atomic mass is 35.5. The smallest absolute Gasteiger partial charge is 0.119 e. The molecular weight excluding hydrogens is 186 g/mol. The van der Waals surface area contributed by atoms with Gasteiger partial charge in [-0.2, -0.15) is 5.26 Å². The summed E-state index contributed by atoms with van der Waals surface area (Å²) in [5.74, 6) is 1.39. The lowest BCUT2D eigenvalue weighted by Gasteiger charge is -2.03. The third-order valence-corrected chi connectivity index (χ3v) is 1.80. The number of hydrogen-bond donors (Lipinski definition) is 0. The normalized spacial score (nSPS) is 9.23. The van der Waals surface area contributed by atoms with Crippen LogP contribution >= 0.6 is 11.6 Å². The van der Waals surface area contributed by atoms with Gasteiger partial charge in [0.15, 0.2) is 0 Å². The van der Waals surface area contributed by atoms with E-state index in [0.29, 0.717) is 18.1 Å². The summed E-state index contributed by atoms with van der Waals surface area (Å²) in [5, 5.41) is 8.53. The quantitative estimate of drug-likeness (QED) is 0.547. The molecule has 0 aliphatic rings. The highest BCUT2D eigenvalue weighted by molar-refractivity contribution is 6.17. The average molecular weight is 196 g/mol. The number of halogens is 1. The first-order valence-corrected chi connectivity index (χ1v) is 4.59. The summed E-state index contributed by atoms with van der Waals surface area (Å²) in [4.78, 5) is 0. The molecule has 0 aromatic heterocycles. The van der Waals surface area contributed by atoms with E-state index in [1.54, 1.807) is 24.3 Å². The predicted octanol–water partition coefficient (Wildman–Crippen LogP) is 2.57. The number of alkyl halides is 1. The van der Waals surface area contributed by atoms with E-state index in [4.69, 9.17) is 21.6 Å². The van der Waals surface area contributed by atoms with Crippen LogP contribution in [0.5, 0.6) is 5.75 Å². The second-order valence-electron chi connectivity index (χ2n) is 2.53. The van der Waals surface area contributed by atoms with Crippen LogP contribution in [0.3, 0.4) is 0 Å². The molecule has 3 heteroatoms. The summed E-state index contributed by atoms with van der Waals surface area (Å²) >= 11 is 5.49. The van der Waals surface area contributed by atoms with Crippen LogP contribution in [0.2, 0.25) is 0 Å². The molecule has 0 aliphatic heterocycles. The Morgan fingerprint density at radius 3 is 2.54 bits per heavy atom. The maximum absolute atomic E-state index is 8.53. The first-order valence-electron chi connectivity index (χ1n) is 4.06. The molecule has 1 aromatic rings. The number of nitriles is 1. The highest BCUT2D eigenvalue weighted by Crippen LogP contribution is 2.11. The largest absolute Gasteiger partial charge is 0.494 e. The zero-order chi connectivity index (χ0) is 9.52. The Balaban J connectivity index is 2.46. The lowest BCUT2D eigenvalue weighted by atomic mass is 10.2. The summed E-state index contributed by atoms with van der Waals surface area (Å²) in [6, 6.07) is 9.08. The Morgan fingerprint density at radius 2 is 2.00 bits per heavy atom. The van der Waals surface area contributed by atoms with Gasteiger partial charge in [0.05, 0.1) is 18.2 Å². The van der Waals surface area contributed by atoms with Gasteiger partial charge >= 0.3 is 0 Å². The van der Waals surface area contributed by atoms with Crippen molar-refractivity contribution in [3.05, 3.63) is 29.8 Å². The molecular formula is C10H10ClNO. The van der Waals surface area contributed by atoms with E-state index in [9.17, 15) is 0 Å². The van der Waals surface area contributed by atoms with Crippen molar-refractivity contribution in [1.29, 1.82) is 5.26 Å². The summed E-state index contributed by atoms with van der Waals surface area (Å²) in [5.41, 5.74) is 0.643. The fraction of sp³-hybridized carbons (Fsp3) is 0.300. The van der Waals surface area contributed by atoms with Crippen molar-refractivity contribution in [2.45, 2.75) is 6.42 Å². The van der Waals surface area contributed by atoms with Gasteiger partial charge in [-0.05, 0) is 30.7 Å². The van der Waals surface area contributed by atoms with Crippen molar-refractivity contribution in [3.8, 4) is 11.8 Å². The minimum absolute atomic E-state index is 0.607. The maximum Gasteiger partial charge on any atom is 0.119 e. The molecule has 0 amide bonds. The van der Waals surface area contributed by atoms with Gasteiger partial charge in [0.25, 0.3) is 0 Å². The van der Waals surface area contributed by atoms with Crippen LogP contribution in [-0.2, 0) is 0 Å². The lowest BCUT2D eigenvalue weighted by Crippen LogP contribution is -1.97. The van der Waals surface area contributed by atoms with E-state index in [1.165, 1.54) is 0 Å². The van der Waals surface area contributed by atoms with E-state index in [0.717, 1.165) is 12.2 Å². The second-order valence-corrected chi connectivity index (χ2v) is 2.91. The van der Waals surface area contributed by atoms with Crippen LogP contribution in [0.25, 0.3) is 0 Å². The van der Waals surface area contributed by atoms with E-state index in [-0.39, 0.29) is 0 Å². The zero-order valence-corrected chi connectivity index (χ0v) is 7.92. The number of benzene rings is 1. The van der Waals surface area contributed by atoms with Gasteiger partial charge in [-0.1, -0.05) is 0 Å². The molecule has 0 atom stereocenters. The Bertz CT molecular complexity index is 289. The molecule has 13 heavy (non-hydrogen) atoms. The molecule has 0 fully saturated rings. The summed E-state index contributed by atoms with van der Waals surface area (Å²) in [7, 11) is 0. The SMILES string of the molecule is N#Cc1ccc(OCCCCl)cc1. The molecule has 0 saturated carbocycles. The van der Waals surface area contributed by atoms with Gasteiger partial charge < -0.3 is 4.74 Å². The van der Waals surface area contributed by atoms with Crippen molar-refractivity contribution < 1.29 is 4.74 Å². The predicted molar refractivity (Wildman–Crippen MR) is 52.0 cm³/mol. The van der Waals surface area contributed by atoms with Crippen molar-refractivity contribution in [2.24, 2.45) is 0 Å².